The Morgan fingerprint density at radius 1 is 1.03 bits per heavy atom. The second kappa shape index (κ2) is 10.3. The van der Waals surface area contributed by atoms with E-state index in [0.717, 1.165) is 51.0 Å². The van der Waals surface area contributed by atoms with E-state index in [1.807, 2.05) is 0 Å². The van der Waals surface area contributed by atoms with Crippen molar-refractivity contribution in [3.05, 3.63) is 11.6 Å². The van der Waals surface area contributed by atoms with Crippen molar-refractivity contribution in [1.29, 1.82) is 0 Å². The van der Waals surface area contributed by atoms with E-state index in [1.54, 1.807) is 13.8 Å². The third kappa shape index (κ3) is 5.47. The molecule has 3 N–H and O–H groups in total. The summed E-state index contributed by atoms with van der Waals surface area (Å²) < 4.78 is 45.2. The van der Waals surface area contributed by atoms with Crippen LogP contribution in [0.1, 0.15) is 106 Å². The molecule has 220 valence electrons. The summed E-state index contributed by atoms with van der Waals surface area (Å²) in [4.78, 5) is 0. The number of alkyl halides is 3. The minimum Gasteiger partial charge on any atom is -0.388 e. The molecule has 38 heavy (non-hydrogen) atoms. The number of aliphatic hydroxyl groups excluding tert-OH is 1. The van der Waals surface area contributed by atoms with Gasteiger partial charge in [-0.05, 0) is 125 Å². The minimum atomic E-state index is -4.59. The Balaban J connectivity index is 1.43. The Hall–Kier alpha value is -0.630. The zero-order valence-corrected chi connectivity index (χ0v) is 24.3. The van der Waals surface area contributed by atoms with Gasteiger partial charge < -0.3 is 20.1 Å². The summed E-state index contributed by atoms with van der Waals surface area (Å²) in [5.41, 5.74) is -2.25. The molecule has 0 radical (unpaired) electrons. The van der Waals surface area contributed by atoms with Gasteiger partial charge in [0.1, 0.15) is 6.10 Å². The van der Waals surface area contributed by atoms with Gasteiger partial charge in [0.25, 0.3) is 0 Å². The van der Waals surface area contributed by atoms with Crippen LogP contribution in [0, 0.1) is 40.4 Å². The first-order valence-electron chi connectivity index (χ1n) is 14.9. The van der Waals surface area contributed by atoms with Crippen molar-refractivity contribution >= 4 is 0 Å². The van der Waals surface area contributed by atoms with Crippen molar-refractivity contribution in [2.24, 2.45) is 40.4 Å². The normalized spacial score (nSPS) is 41.9. The van der Waals surface area contributed by atoms with Crippen molar-refractivity contribution in [2.45, 2.75) is 135 Å². The van der Waals surface area contributed by atoms with Crippen LogP contribution in [0.3, 0.4) is 0 Å². The van der Waals surface area contributed by atoms with Crippen molar-refractivity contribution in [2.75, 3.05) is 6.61 Å². The third-order valence-electron chi connectivity index (χ3n) is 11.5. The summed E-state index contributed by atoms with van der Waals surface area (Å²) >= 11 is 0. The highest BCUT2D eigenvalue weighted by atomic mass is 19.4. The first-order chi connectivity index (χ1) is 17.4. The molecule has 0 heterocycles. The lowest BCUT2D eigenvalue weighted by Crippen LogP contribution is -2.54. The second-order valence-electron chi connectivity index (χ2n) is 14.7. The van der Waals surface area contributed by atoms with Crippen molar-refractivity contribution in [3.8, 4) is 0 Å². The van der Waals surface area contributed by atoms with Gasteiger partial charge in [0.05, 0.1) is 18.3 Å². The molecule has 0 amide bonds. The van der Waals surface area contributed by atoms with Crippen LogP contribution < -0.4 is 0 Å². The predicted octanol–water partition coefficient (Wildman–Crippen LogP) is 6.81. The van der Waals surface area contributed by atoms with Gasteiger partial charge in [0, 0.05) is 0 Å². The number of halogens is 3. The van der Waals surface area contributed by atoms with Gasteiger partial charge in [-0.2, -0.15) is 13.2 Å². The fourth-order valence-corrected chi connectivity index (χ4v) is 9.28. The van der Waals surface area contributed by atoms with Crippen LogP contribution in [0.15, 0.2) is 11.6 Å². The van der Waals surface area contributed by atoms with E-state index < -0.39 is 23.5 Å². The van der Waals surface area contributed by atoms with Gasteiger partial charge >= 0.3 is 6.18 Å². The summed E-state index contributed by atoms with van der Waals surface area (Å²) in [5, 5.41) is 31.2. The fraction of sp³-hybridized carbons (Fsp3) is 0.935. The maximum atomic E-state index is 13.1. The first-order valence-corrected chi connectivity index (χ1v) is 14.9. The van der Waals surface area contributed by atoms with Gasteiger partial charge in [0.15, 0.2) is 5.60 Å². The molecule has 0 unspecified atom stereocenters. The average Bonchev–Trinajstić information content (AvgIpc) is 3.14. The lowest BCUT2D eigenvalue weighted by Gasteiger charge is -2.59. The maximum Gasteiger partial charge on any atom is 0.416 e. The van der Waals surface area contributed by atoms with Crippen LogP contribution in [0.4, 0.5) is 13.2 Å². The monoisotopic (exact) mass is 544 g/mol. The molecule has 0 aromatic carbocycles. The molecule has 0 aromatic heterocycles. The largest absolute Gasteiger partial charge is 0.416 e. The highest BCUT2D eigenvalue weighted by molar-refractivity contribution is 5.29. The lowest BCUT2D eigenvalue weighted by atomic mass is 9.46. The Labute approximate surface area is 227 Å². The molecule has 4 aliphatic rings. The average molecular weight is 545 g/mol. The maximum absolute atomic E-state index is 13.1. The van der Waals surface area contributed by atoms with Gasteiger partial charge in [0.2, 0.25) is 0 Å². The molecule has 3 saturated carbocycles. The molecule has 10 atom stereocenters. The number of rotatable bonds is 8. The summed E-state index contributed by atoms with van der Waals surface area (Å²) in [6.07, 6.45) is 4.96. The highest BCUT2D eigenvalue weighted by Crippen LogP contribution is 2.67. The van der Waals surface area contributed by atoms with E-state index in [4.69, 9.17) is 4.74 Å². The molecular formula is C31H51F3O4. The molecule has 0 bridgehead atoms. The molecule has 4 rings (SSSR count). The van der Waals surface area contributed by atoms with Crippen LogP contribution in [0.25, 0.3) is 0 Å². The number of ether oxygens (including phenoxy) is 1. The minimum absolute atomic E-state index is 0.0366. The van der Waals surface area contributed by atoms with Crippen LogP contribution in [0.5, 0.6) is 0 Å². The second-order valence-corrected chi connectivity index (χ2v) is 14.7. The van der Waals surface area contributed by atoms with Crippen LogP contribution in [-0.4, -0.2) is 51.5 Å². The number of hydrogen-bond acceptors (Lipinski definition) is 4. The van der Waals surface area contributed by atoms with E-state index >= 15 is 0 Å². The van der Waals surface area contributed by atoms with Gasteiger partial charge in [-0.25, -0.2) is 0 Å². The molecule has 0 aromatic rings. The van der Waals surface area contributed by atoms with E-state index in [0.29, 0.717) is 42.4 Å². The zero-order valence-electron chi connectivity index (χ0n) is 24.3. The quantitative estimate of drug-likeness (QED) is 0.294. The van der Waals surface area contributed by atoms with Crippen LogP contribution >= 0.6 is 0 Å². The molecule has 4 aliphatic carbocycles. The number of allylic oxidation sites excluding steroid dienone is 1. The fourth-order valence-electron chi connectivity index (χ4n) is 9.28. The first kappa shape index (κ1) is 30.3. The Morgan fingerprint density at radius 2 is 1.71 bits per heavy atom. The summed E-state index contributed by atoms with van der Waals surface area (Å²) in [7, 11) is 0. The van der Waals surface area contributed by atoms with Gasteiger partial charge in [-0.1, -0.05) is 33.3 Å². The smallest absolute Gasteiger partial charge is 0.388 e. The molecular weight excluding hydrogens is 493 g/mol. The van der Waals surface area contributed by atoms with E-state index in [2.05, 4.69) is 26.8 Å². The molecule has 0 spiro atoms. The standard InChI is InChI=1S/C31H51F3O4/c1-19(8-7-15-30(6,37)31(32,33)34)21-11-12-22-20-9-10-24-26(35)25(38-18-27(2,3)36)14-17-29(24,5)23(20)13-16-28(21,22)4/h10,19-23,25-26,35-37H,7-9,11-18H2,1-6H3/t19-,20+,21-,22+,23+,25+,26-,28-,29-,30-/m1/s1. The summed E-state index contributed by atoms with van der Waals surface area (Å²) in [6.45, 7) is 11.5. The van der Waals surface area contributed by atoms with Crippen molar-refractivity contribution < 1.29 is 33.2 Å². The topological polar surface area (TPSA) is 69.9 Å². The van der Waals surface area contributed by atoms with Crippen molar-refractivity contribution in [1.82, 2.24) is 0 Å². The molecule has 4 nitrogen and oxygen atoms in total. The van der Waals surface area contributed by atoms with Gasteiger partial charge in [-0.15, -0.1) is 0 Å². The summed E-state index contributed by atoms with van der Waals surface area (Å²) in [6, 6.07) is 0. The van der Waals surface area contributed by atoms with Crippen LogP contribution in [0.2, 0.25) is 0 Å². The predicted molar refractivity (Wildman–Crippen MR) is 142 cm³/mol. The third-order valence-corrected chi connectivity index (χ3v) is 11.5. The van der Waals surface area contributed by atoms with E-state index in [9.17, 15) is 28.5 Å². The number of hydrogen-bond donors (Lipinski definition) is 3. The Bertz CT molecular complexity index is 877. The number of fused-ring (bicyclic) bond motifs is 5. The van der Waals surface area contributed by atoms with Gasteiger partial charge in [-0.3, -0.25) is 0 Å². The SMILES string of the molecule is C[C@H](CCC[C@@](C)(O)C(F)(F)F)[C@H]1CC[C@H]2[C@@H]3CC=C4[C@@H](O)[C@@H](OCC(C)(C)O)CC[C@]4(C)[C@H]3CC[C@]12C. The molecule has 0 saturated heterocycles. The molecule has 0 aliphatic heterocycles. The summed E-state index contributed by atoms with van der Waals surface area (Å²) in [5.74, 6) is 2.54. The van der Waals surface area contributed by atoms with Crippen molar-refractivity contribution in [3.63, 3.8) is 0 Å². The van der Waals surface area contributed by atoms with Crippen LogP contribution in [-0.2, 0) is 4.74 Å². The van der Waals surface area contributed by atoms with E-state index in [-0.39, 0.29) is 30.0 Å². The lowest BCUT2D eigenvalue weighted by molar-refractivity contribution is -0.255. The highest BCUT2D eigenvalue weighted by Gasteiger charge is 2.60. The van der Waals surface area contributed by atoms with E-state index in [1.165, 1.54) is 6.42 Å². The molecule has 3 fully saturated rings. The zero-order chi connectivity index (χ0) is 28.3. The number of aliphatic hydroxyl groups is 3. The Morgan fingerprint density at radius 3 is 2.34 bits per heavy atom. The Kier molecular flexibility index (Phi) is 8.24. The molecule has 7 heteroatoms.